The van der Waals surface area contributed by atoms with Crippen molar-refractivity contribution < 1.29 is 4.42 Å². The van der Waals surface area contributed by atoms with Gasteiger partial charge in [-0.25, -0.2) is 4.98 Å². The lowest BCUT2D eigenvalue weighted by Crippen LogP contribution is -1.94. The molecule has 0 atom stereocenters. The molecule has 0 spiro atoms. The lowest BCUT2D eigenvalue weighted by atomic mass is 9.96. The van der Waals surface area contributed by atoms with Crippen LogP contribution in [0.3, 0.4) is 0 Å². The van der Waals surface area contributed by atoms with Crippen molar-refractivity contribution in [3.63, 3.8) is 0 Å². The Bertz CT molecular complexity index is 2930. The first kappa shape index (κ1) is 32.3. The van der Waals surface area contributed by atoms with E-state index in [0.717, 1.165) is 49.9 Å². The second kappa shape index (κ2) is 13.9. The smallest absolute Gasteiger partial charge is 0.231 e. The summed E-state index contributed by atoms with van der Waals surface area (Å²) < 4.78 is 6.38. The van der Waals surface area contributed by atoms with E-state index in [1.165, 1.54) is 38.9 Å². The fourth-order valence-corrected chi connectivity index (χ4v) is 7.47. The number of nitrogens with zero attached hydrogens (tertiary/aromatic N) is 2. The van der Waals surface area contributed by atoms with Crippen LogP contribution in [0.5, 0.6) is 0 Å². The summed E-state index contributed by atoms with van der Waals surface area (Å²) in [7, 11) is 0. The van der Waals surface area contributed by atoms with Gasteiger partial charge in [0, 0.05) is 16.5 Å². The Morgan fingerprint density at radius 1 is 0.291 bits per heavy atom. The molecule has 0 aliphatic carbocycles. The van der Waals surface area contributed by atoms with Crippen LogP contribution in [-0.4, -0.2) is 9.97 Å². The number of hydrogen-bond donors (Lipinski definition) is 0. The zero-order chi connectivity index (χ0) is 36.6. The molecule has 0 amide bonds. The van der Waals surface area contributed by atoms with Gasteiger partial charge in [-0.3, -0.25) is 0 Å². The first-order valence-corrected chi connectivity index (χ1v) is 18.6. The molecule has 0 bridgehead atoms. The molecule has 0 radical (unpaired) electrons. The lowest BCUT2D eigenvalue weighted by molar-refractivity contribution is 0.653. The fourth-order valence-electron chi connectivity index (χ4n) is 7.47. The minimum absolute atomic E-state index is 0.577. The minimum Gasteiger partial charge on any atom is -0.438 e. The van der Waals surface area contributed by atoms with Crippen LogP contribution in [0.25, 0.3) is 100 Å². The third kappa shape index (κ3) is 6.28. The van der Waals surface area contributed by atoms with Gasteiger partial charge in [-0.1, -0.05) is 188 Å². The van der Waals surface area contributed by atoms with Crippen LogP contribution >= 0.6 is 0 Å². The highest BCUT2D eigenvalue weighted by Crippen LogP contribution is 2.38. The zero-order valence-corrected chi connectivity index (χ0v) is 29.9. The molecule has 0 N–H and O–H groups in total. The van der Waals surface area contributed by atoms with Crippen molar-refractivity contribution in [3.05, 3.63) is 206 Å². The third-order valence-electron chi connectivity index (χ3n) is 10.4. The van der Waals surface area contributed by atoms with E-state index in [1.54, 1.807) is 0 Å². The second-order valence-corrected chi connectivity index (χ2v) is 13.8. The van der Waals surface area contributed by atoms with Gasteiger partial charge in [0.1, 0.15) is 5.58 Å². The average molecular weight is 703 g/mol. The Morgan fingerprint density at radius 3 is 1.22 bits per heavy atom. The van der Waals surface area contributed by atoms with Crippen LogP contribution in [0.4, 0.5) is 0 Å². The molecule has 2 heterocycles. The van der Waals surface area contributed by atoms with E-state index in [1.807, 2.05) is 30.3 Å². The van der Waals surface area contributed by atoms with E-state index < -0.39 is 0 Å². The van der Waals surface area contributed by atoms with Gasteiger partial charge in [-0.15, -0.1) is 0 Å². The molecule has 10 rings (SSSR count). The highest BCUT2D eigenvalue weighted by atomic mass is 16.3. The van der Waals surface area contributed by atoms with E-state index in [4.69, 9.17) is 14.4 Å². The van der Waals surface area contributed by atoms with Gasteiger partial charge >= 0.3 is 0 Å². The van der Waals surface area contributed by atoms with Crippen LogP contribution < -0.4 is 0 Å². The van der Waals surface area contributed by atoms with Crippen molar-refractivity contribution in [2.75, 3.05) is 0 Å². The number of hydrogen-bond acceptors (Lipinski definition) is 3. The molecular weight excluding hydrogens is 669 g/mol. The molecule has 10 aromatic rings. The molecule has 0 aliphatic heterocycles. The highest BCUT2D eigenvalue weighted by molar-refractivity contribution is 6.10. The molecule has 0 unspecified atom stereocenters. The van der Waals surface area contributed by atoms with Gasteiger partial charge in [0.2, 0.25) is 5.71 Å². The van der Waals surface area contributed by atoms with Gasteiger partial charge in [-0.05, 0) is 73.8 Å². The normalized spacial score (nSPS) is 11.3. The summed E-state index contributed by atoms with van der Waals surface area (Å²) in [4.78, 5) is 10.3. The second-order valence-electron chi connectivity index (χ2n) is 13.8. The van der Waals surface area contributed by atoms with Gasteiger partial charge in [0.25, 0.3) is 0 Å². The summed E-state index contributed by atoms with van der Waals surface area (Å²) in [6.45, 7) is 0. The standard InChI is InChI=1S/C52H34N2O/c1-3-11-35(12-4-1)37-21-23-39(24-22-37)40-29-31-42(32-30-40)50-49-47-19-7-8-20-48(47)55-52(49)54-51(53-50)46-18-10-17-45(34-46)44-16-9-15-43(33-44)41-27-25-38(26-28-41)36-13-5-2-6-14-36/h1-34H. The molecule has 0 aliphatic rings. The van der Waals surface area contributed by atoms with Crippen molar-refractivity contribution in [1.82, 2.24) is 9.97 Å². The summed E-state index contributed by atoms with van der Waals surface area (Å²) in [5, 5.41) is 1.92. The Morgan fingerprint density at radius 2 is 0.673 bits per heavy atom. The van der Waals surface area contributed by atoms with Gasteiger partial charge < -0.3 is 4.42 Å². The van der Waals surface area contributed by atoms with E-state index in [2.05, 4.69) is 176 Å². The number of rotatable bonds is 7. The Labute approximate surface area is 319 Å². The Hall–Kier alpha value is -7.36. The van der Waals surface area contributed by atoms with Crippen LogP contribution in [0.1, 0.15) is 0 Å². The Balaban J connectivity index is 0.999. The topological polar surface area (TPSA) is 38.9 Å². The first-order chi connectivity index (χ1) is 27.2. The van der Waals surface area contributed by atoms with Crippen LogP contribution in [-0.2, 0) is 0 Å². The first-order valence-electron chi connectivity index (χ1n) is 18.6. The largest absolute Gasteiger partial charge is 0.438 e. The lowest BCUT2D eigenvalue weighted by Gasteiger charge is -2.10. The van der Waals surface area contributed by atoms with Crippen molar-refractivity contribution in [3.8, 4) is 78.3 Å². The molecule has 3 nitrogen and oxygen atoms in total. The number of para-hydroxylation sites is 1. The molecule has 8 aromatic carbocycles. The van der Waals surface area contributed by atoms with Gasteiger partial charge in [-0.2, -0.15) is 4.98 Å². The minimum atomic E-state index is 0.577. The fraction of sp³-hybridized carbons (Fsp3) is 0. The quantitative estimate of drug-likeness (QED) is 0.166. The van der Waals surface area contributed by atoms with Crippen molar-refractivity contribution in [2.45, 2.75) is 0 Å². The van der Waals surface area contributed by atoms with E-state index >= 15 is 0 Å². The van der Waals surface area contributed by atoms with Crippen molar-refractivity contribution >= 4 is 22.1 Å². The molecule has 0 fully saturated rings. The predicted molar refractivity (Wildman–Crippen MR) is 227 cm³/mol. The summed E-state index contributed by atoms with van der Waals surface area (Å²) in [5.74, 6) is 0.622. The van der Waals surface area contributed by atoms with Crippen molar-refractivity contribution in [2.24, 2.45) is 0 Å². The average Bonchev–Trinajstić information content (AvgIpc) is 3.66. The van der Waals surface area contributed by atoms with Crippen LogP contribution in [0, 0.1) is 0 Å². The van der Waals surface area contributed by atoms with E-state index in [0.29, 0.717) is 11.5 Å². The number of fused-ring (bicyclic) bond motifs is 3. The monoisotopic (exact) mass is 702 g/mol. The molecule has 2 aromatic heterocycles. The predicted octanol–water partition coefficient (Wildman–Crippen LogP) is 14.0. The SMILES string of the molecule is c1ccc(-c2ccc(-c3ccc(-c4nc(-c5cccc(-c6cccc(-c7ccc(-c8ccccc8)cc7)c6)c5)nc5oc6ccccc6c45)cc3)cc2)cc1. The van der Waals surface area contributed by atoms with Gasteiger partial charge in [0.15, 0.2) is 5.82 Å². The number of aromatic nitrogens is 2. The highest BCUT2D eigenvalue weighted by Gasteiger charge is 2.18. The third-order valence-corrected chi connectivity index (χ3v) is 10.4. The van der Waals surface area contributed by atoms with Gasteiger partial charge in [0.05, 0.1) is 11.1 Å². The van der Waals surface area contributed by atoms with E-state index in [9.17, 15) is 0 Å². The van der Waals surface area contributed by atoms with Crippen LogP contribution in [0.15, 0.2) is 211 Å². The maximum atomic E-state index is 6.38. The summed E-state index contributed by atoms with van der Waals surface area (Å²) in [6, 6.07) is 72.4. The zero-order valence-electron chi connectivity index (χ0n) is 29.9. The summed E-state index contributed by atoms with van der Waals surface area (Å²) in [6.07, 6.45) is 0. The molecule has 55 heavy (non-hydrogen) atoms. The number of benzene rings is 8. The molecular formula is C52H34N2O. The van der Waals surface area contributed by atoms with E-state index in [-0.39, 0.29) is 0 Å². The molecule has 3 heteroatoms. The molecule has 0 saturated heterocycles. The molecule has 0 saturated carbocycles. The maximum Gasteiger partial charge on any atom is 0.231 e. The molecule has 258 valence electrons. The Kier molecular flexibility index (Phi) is 8.16. The van der Waals surface area contributed by atoms with Crippen molar-refractivity contribution in [1.29, 1.82) is 0 Å². The number of furan rings is 1. The summed E-state index contributed by atoms with van der Waals surface area (Å²) >= 11 is 0. The maximum absolute atomic E-state index is 6.38. The van der Waals surface area contributed by atoms with Crippen LogP contribution in [0.2, 0.25) is 0 Å². The summed E-state index contributed by atoms with van der Waals surface area (Å²) in [5.41, 5.74) is 15.9.